The molecule has 5 heteroatoms. The SMILES string of the molecule is CNC(CCc1cnn(C)c1)c1ccc(Cl)cc1OC. The topological polar surface area (TPSA) is 39.1 Å². The number of aryl methyl sites for hydroxylation is 2. The fourth-order valence-corrected chi connectivity index (χ4v) is 2.50. The molecule has 1 unspecified atom stereocenters. The molecule has 0 spiro atoms. The molecule has 0 aliphatic heterocycles. The number of ether oxygens (including phenoxy) is 1. The molecule has 20 heavy (non-hydrogen) atoms. The average molecular weight is 294 g/mol. The smallest absolute Gasteiger partial charge is 0.125 e. The van der Waals surface area contributed by atoms with Crippen LogP contribution in [0.2, 0.25) is 5.02 Å². The monoisotopic (exact) mass is 293 g/mol. The Bertz CT molecular complexity index is 568. The first-order chi connectivity index (χ1) is 9.63. The molecule has 0 bridgehead atoms. The van der Waals surface area contributed by atoms with E-state index in [0.717, 1.165) is 24.2 Å². The summed E-state index contributed by atoms with van der Waals surface area (Å²) in [5.41, 5.74) is 2.36. The van der Waals surface area contributed by atoms with E-state index in [2.05, 4.69) is 10.4 Å². The Hall–Kier alpha value is -1.52. The van der Waals surface area contributed by atoms with Crippen molar-refractivity contribution in [1.82, 2.24) is 15.1 Å². The summed E-state index contributed by atoms with van der Waals surface area (Å²) in [6.07, 6.45) is 5.89. The molecule has 4 nitrogen and oxygen atoms in total. The van der Waals surface area contributed by atoms with Gasteiger partial charge in [0.1, 0.15) is 5.75 Å². The van der Waals surface area contributed by atoms with Crippen LogP contribution in [0.1, 0.15) is 23.6 Å². The summed E-state index contributed by atoms with van der Waals surface area (Å²) < 4.78 is 7.25. The lowest BCUT2D eigenvalue weighted by Gasteiger charge is -2.19. The van der Waals surface area contributed by atoms with Crippen LogP contribution >= 0.6 is 11.6 Å². The number of rotatable bonds is 6. The Balaban J connectivity index is 2.11. The number of nitrogens with zero attached hydrogens (tertiary/aromatic N) is 2. The van der Waals surface area contributed by atoms with Gasteiger partial charge >= 0.3 is 0 Å². The van der Waals surface area contributed by atoms with Crippen molar-refractivity contribution in [1.29, 1.82) is 0 Å². The zero-order chi connectivity index (χ0) is 14.5. The first kappa shape index (κ1) is 14.9. The van der Waals surface area contributed by atoms with Crippen LogP contribution in [0.15, 0.2) is 30.6 Å². The largest absolute Gasteiger partial charge is 0.496 e. The zero-order valence-corrected chi connectivity index (χ0v) is 12.8. The molecule has 108 valence electrons. The molecular formula is C15H20ClN3O. The Morgan fingerprint density at radius 2 is 2.25 bits per heavy atom. The van der Waals surface area contributed by atoms with E-state index in [0.29, 0.717) is 5.02 Å². The fourth-order valence-electron chi connectivity index (χ4n) is 2.34. The quantitative estimate of drug-likeness (QED) is 0.890. The maximum Gasteiger partial charge on any atom is 0.125 e. The molecule has 1 aromatic heterocycles. The van der Waals surface area contributed by atoms with Gasteiger partial charge in [0.15, 0.2) is 0 Å². The lowest BCUT2D eigenvalue weighted by Crippen LogP contribution is -2.18. The van der Waals surface area contributed by atoms with Gasteiger partial charge in [-0.15, -0.1) is 0 Å². The second kappa shape index (κ2) is 6.77. The zero-order valence-electron chi connectivity index (χ0n) is 12.1. The van der Waals surface area contributed by atoms with Crippen molar-refractivity contribution in [2.45, 2.75) is 18.9 Å². The van der Waals surface area contributed by atoms with Crippen LogP contribution in [0, 0.1) is 0 Å². The van der Waals surface area contributed by atoms with E-state index >= 15 is 0 Å². The van der Waals surface area contributed by atoms with Crippen molar-refractivity contribution >= 4 is 11.6 Å². The summed E-state index contributed by atoms with van der Waals surface area (Å²) in [4.78, 5) is 0. The van der Waals surface area contributed by atoms with E-state index in [9.17, 15) is 0 Å². The van der Waals surface area contributed by atoms with Crippen molar-refractivity contribution in [3.63, 3.8) is 0 Å². The number of hydrogen-bond donors (Lipinski definition) is 1. The summed E-state index contributed by atoms with van der Waals surface area (Å²) in [7, 11) is 5.56. The standard InChI is InChI=1S/C15H20ClN3O/c1-17-14(7-4-11-9-18-19(2)10-11)13-6-5-12(16)8-15(13)20-3/h5-6,8-10,14,17H,4,7H2,1-3H3. The van der Waals surface area contributed by atoms with Crippen LogP contribution in [-0.4, -0.2) is 23.9 Å². The van der Waals surface area contributed by atoms with Crippen LogP contribution in [0.3, 0.4) is 0 Å². The van der Waals surface area contributed by atoms with Crippen LogP contribution in [-0.2, 0) is 13.5 Å². The Morgan fingerprint density at radius 3 is 2.85 bits per heavy atom. The first-order valence-corrected chi connectivity index (χ1v) is 7.00. The van der Waals surface area contributed by atoms with Crippen molar-refractivity contribution in [2.24, 2.45) is 7.05 Å². The minimum absolute atomic E-state index is 0.224. The van der Waals surface area contributed by atoms with Gasteiger partial charge in [0.05, 0.1) is 13.3 Å². The van der Waals surface area contributed by atoms with E-state index in [4.69, 9.17) is 16.3 Å². The molecule has 0 radical (unpaired) electrons. The molecule has 0 aliphatic rings. The van der Waals surface area contributed by atoms with Gasteiger partial charge in [-0.05, 0) is 37.6 Å². The summed E-state index contributed by atoms with van der Waals surface area (Å²) in [5.74, 6) is 0.822. The molecule has 1 heterocycles. The molecule has 0 saturated carbocycles. The molecule has 0 aliphatic carbocycles. The molecule has 0 fully saturated rings. The van der Waals surface area contributed by atoms with E-state index in [1.54, 1.807) is 7.11 Å². The third kappa shape index (κ3) is 3.52. The van der Waals surface area contributed by atoms with E-state index in [1.165, 1.54) is 5.56 Å². The number of aromatic nitrogens is 2. The molecule has 2 aromatic rings. The Kier molecular flexibility index (Phi) is 5.04. The first-order valence-electron chi connectivity index (χ1n) is 6.62. The molecule has 2 rings (SSSR count). The van der Waals surface area contributed by atoms with Gasteiger partial charge in [0.25, 0.3) is 0 Å². The Labute approximate surface area is 124 Å². The number of halogens is 1. The maximum atomic E-state index is 6.01. The second-order valence-electron chi connectivity index (χ2n) is 4.79. The lowest BCUT2D eigenvalue weighted by molar-refractivity contribution is 0.399. The summed E-state index contributed by atoms with van der Waals surface area (Å²) in [5, 5.41) is 8.22. The summed E-state index contributed by atoms with van der Waals surface area (Å²) in [6.45, 7) is 0. The molecule has 0 saturated heterocycles. The second-order valence-corrected chi connectivity index (χ2v) is 5.22. The van der Waals surface area contributed by atoms with E-state index < -0.39 is 0 Å². The normalized spacial score (nSPS) is 12.4. The highest BCUT2D eigenvalue weighted by atomic mass is 35.5. The fraction of sp³-hybridized carbons (Fsp3) is 0.400. The van der Waals surface area contributed by atoms with Crippen LogP contribution in [0.25, 0.3) is 0 Å². The number of nitrogens with one attached hydrogen (secondary N) is 1. The number of benzene rings is 1. The Morgan fingerprint density at radius 1 is 1.45 bits per heavy atom. The molecular weight excluding hydrogens is 274 g/mol. The number of methoxy groups -OCH3 is 1. The van der Waals surface area contributed by atoms with Gasteiger partial charge < -0.3 is 10.1 Å². The minimum atomic E-state index is 0.224. The highest BCUT2D eigenvalue weighted by Gasteiger charge is 2.15. The van der Waals surface area contributed by atoms with Crippen molar-refractivity contribution < 1.29 is 4.74 Å². The van der Waals surface area contributed by atoms with Crippen LogP contribution in [0.4, 0.5) is 0 Å². The maximum absolute atomic E-state index is 6.01. The van der Waals surface area contributed by atoms with Crippen molar-refractivity contribution in [2.75, 3.05) is 14.2 Å². The van der Waals surface area contributed by atoms with Crippen molar-refractivity contribution in [3.05, 3.63) is 46.7 Å². The van der Waals surface area contributed by atoms with Crippen LogP contribution < -0.4 is 10.1 Å². The van der Waals surface area contributed by atoms with Gasteiger partial charge in [0.2, 0.25) is 0 Å². The third-order valence-electron chi connectivity index (χ3n) is 3.40. The van der Waals surface area contributed by atoms with Crippen molar-refractivity contribution in [3.8, 4) is 5.75 Å². The highest BCUT2D eigenvalue weighted by Crippen LogP contribution is 2.30. The van der Waals surface area contributed by atoms with Crippen LogP contribution in [0.5, 0.6) is 5.75 Å². The number of hydrogen-bond acceptors (Lipinski definition) is 3. The van der Waals surface area contributed by atoms with E-state index in [1.807, 2.05) is 49.4 Å². The van der Waals surface area contributed by atoms with Gasteiger partial charge in [-0.1, -0.05) is 17.7 Å². The highest BCUT2D eigenvalue weighted by molar-refractivity contribution is 6.30. The minimum Gasteiger partial charge on any atom is -0.496 e. The van der Waals surface area contributed by atoms with Gasteiger partial charge in [-0.2, -0.15) is 5.10 Å². The average Bonchev–Trinajstić information content (AvgIpc) is 2.86. The van der Waals surface area contributed by atoms with E-state index in [-0.39, 0.29) is 6.04 Å². The molecule has 1 aromatic carbocycles. The predicted molar refractivity (Wildman–Crippen MR) is 81.3 cm³/mol. The van der Waals surface area contributed by atoms with Gasteiger partial charge in [0, 0.05) is 29.9 Å². The summed E-state index contributed by atoms with van der Waals surface area (Å²) in [6, 6.07) is 5.99. The van der Waals surface area contributed by atoms with Gasteiger partial charge in [-0.3, -0.25) is 4.68 Å². The lowest BCUT2D eigenvalue weighted by atomic mass is 9.99. The summed E-state index contributed by atoms with van der Waals surface area (Å²) >= 11 is 6.01. The predicted octanol–water partition coefficient (Wildman–Crippen LogP) is 2.98. The molecule has 1 N–H and O–H groups in total. The third-order valence-corrected chi connectivity index (χ3v) is 3.63. The molecule has 1 atom stereocenters. The molecule has 0 amide bonds. The van der Waals surface area contributed by atoms with Gasteiger partial charge in [-0.25, -0.2) is 0 Å².